The van der Waals surface area contributed by atoms with E-state index in [1.54, 1.807) is 0 Å². The zero-order valence-electron chi connectivity index (χ0n) is 14.5. The monoisotopic (exact) mass is 335 g/mol. The van der Waals surface area contributed by atoms with Crippen LogP contribution in [0.3, 0.4) is 0 Å². The molecule has 24 heavy (non-hydrogen) atoms. The Kier molecular flexibility index (Phi) is 6.05. The highest BCUT2D eigenvalue weighted by molar-refractivity contribution is 5.36. The Hall–Kier alpha value is -1.21. The number of nitrogens with one attached hydrogen (secondary N) is 1. The Morgan fingerprint density at radius 2 is 2.21 bits per heavy atom. The summed E-state index contributed by atoms with van der Waals surface area (Å²) in [6.07, 6.45) is 5.51. The van der Waals surface area contributed by atoms with Gasteiger partial charge in [0.05, 0.1) is 18.3 Å². The minimum atomic E-state index is -0.590. The molecule has 0 aromatic carbocycles. The van der Waals surface area contributed by atoms with Crippen molar-refractivity contribution in [1.29, 1.82) is 0 Å². The standard InChI is InChI=1S/C18H29N3O3/c1-19-17-12-15(4-7-20-17)2-3-16-13-21(8-11-24-16)14-18(22)5-9-23-10-6-18/h4,7,12,16,22H,2-3,5-6,8-11,13-14H2,1H3,(H,19,20)/t16-/m1/s1. The van der Waals surface area contributed by atoms with Crippen molar-refractivity contribution < 1.29 is 14.6 Å². The van der Waals surface area contributed by atoms with E-state index in [9.17, 15) is 5.11 Å². The molecule has 0 unspecified atom stereocenters. The van der Waals surface area contributed by atoms with Gasteiger partial charge in [-0.05, 0) is 30.5 Å². The van der Waals surface area contributed by atoms with Crippen LogP contribution < -0.4 is 5.32 Å². The van der Waals surface area contributed by atoms with E-state index in [-0.39, 0.29) is 6.10 Å². The molecule has 0 amide bonds. The minimum absolute atomic E-state index is 0.230. The first-order valence-corrected chi connectivity index (χ1v) is 8.94. The van der Waals surface area contributed by atoms with E-state index in [4.69, 9.17) is 9.47 Å². The van der Waals surface area contributed by atoms with Crippen LogP contribution in [-0.2, 0) is 15.9 Å². The number of anilines is 1. The van der Waals surface area contributed by atoms with Crippen molar-refractivity contribution in [2.24, 2.45) is 0 Å². The number of pyridine rings is 1. The largest absolute Gasteiger partial charge is 0.388 e. The Morgan fingerprint density at radius 3 is 3.00 bits per heavy atom. The molecule has 134 valence electrons. The molecule has 3 heterocycles. The highest BCUT2D eigenvalue weighted by atomic mass is 16.5. The van der Waals surface area contributed by atoms with Gasteiger partial charge in [-0.2, -0.15) is 0 Å². The molecule has 0 radical (unpaired) electrons. The average molecular weight is 335 g/mol. The lowest BCUT2D eigenvalue weighted by molar-refractivity contribution is -0.103. The summed E-state index contributed by atoms with van der Waals surface area (Å²) < 4.78 is 11.3. The van der Waals surface area contributed by atoms with Crippen molar-refractivity contribution in [2.45, 2.75) is 37.4 Å². The number of nitrogens with zero attached hydrogens (tertiary/aromatic N) is 2. The van der Waals surface area contributed by atoms with Gasteiger partial charge in [-0.15, -0.1) is 0 Å². The van der Waals surface area contributed by atoms with Gasteiger partial charge >= 0.3 is 0 Å². The maximum absolute atomic E-state index is 10.7. The quantitative estimate of drug-likeness (QED) is 0.817. The summed E-state index contributed by atoms with van der Waals surface area (Å²) in [5.74, 6) is 0.903. The summed E-state index contributed by atoms with van der Waals surface area (Å²) in [5, 5.41) is 13.8. The van der Waals surface area contributed by atoms with E-state index < -0.39 is 5.60 Å². The number of hydrogen-bond donors (Lipinski definition) is 2. The molecule has 1 aromatic heterocycles. The number of rotatable bonds is 6. The highest BCUT2D eigenvalue weighted by Gasteiger charge is 2.33. The van der Waals surface area contributed by atoms with E-state index >= 15 is 0 Å². The molecular formula is C18H29N3O3. The van der Waals surface area contributed by atoms with Crippen LogP contribution in [0.2, 0.25) is 0 Å². The molecule has 6 nitrogen and oxygen atoms in total. The Labute approximate surface area is 144 Å². The topological polar surface area (TPSA) is 66.9 Å². The molecule has 6 heteroatoms. The molecule has 0 spiro atoms. The van der Waals surface area contributed by atoms with E-state index in [0.29, 0.717) is 13.2 Å². The average Bonchev–Trinajstić information content (AvgIpc) is 2.61. The van der Waals surface area contributed by atoms with Gasteiger partial charge in [-0.25, -0.2) is 4.98 Å². The molecule has 2 N–H and O–H groups in total. The minimum Gasteiger partial charge on any atom is -0.388 e. The lowest BCUT2D eigenvalue weighted by Gasteiger charge is -2.40. The molecule has 2 saturated heterocycles. The van der Waals surface area contributed by atoms with E-state index in [0.717, 1.165) is 57.7 Å². The van der Waals surface area contributed by atoms with Crippen molar-refractivity contribution in [1.82, 2.24) is 9.88 Å². The van der Waals surface area contributed by atoms with Gasteiger partial charge in [-0.3, -0.25) is 4.90 Å². The molecule has 0 aliphatic carbocycles. The van der Waals surface area contributed by atoms with Crippen LogP contribution in [0.1, 0.15) is 24.8 Å². The molecule has 2 aliphatic rings. The van der Waals surface area contributed by atoms with E-state index in [1.807, 2.05) is 13.2 Å². The first-order chi connectivity index (χ1) is 11.7. The van der Waals surface area contributed by atoms with Gasteiger partial charge in [-0.1, -0.05) is 0 Å². The number of ether oxygens (including phenoxy) is 2. The fraction of sp³-hybridized carbons (Fsp3) is 0.722. The first-order valence-electron chi connectivity index (χ1n) is 8.94. The zero-order chi connectivity index (χ0) is 16.8. The fourth-order valence-electron chi connectivity index (χ4n) is 3.52. The number of aromatic nitrogens is 1. The number of morpholine rings is 1. The molecule has 1 aromatic rings. The van der Waals surface area contributed by atoms with Gasteiger partial charge in [0.2, 0.25) is 0 Å². The summed E-state index contributed by atoms with van der Waals surface area (Å²) in [5.41, 5.74) is 0.686. The summed E-state index contributed by atoms with van der Waals surface area (Å²) in [6.45, 7) is 4.61. The second-order valence-electron chi connectivity index (χ2n) is 6.90. The molecule has 0 saturated carbocycles. The Morgan fingerprint density at radius 1 is 1.38 bits per heavy atom. The van der Waals surface area contributed by atoms with Gasteiger partial charge < -0.3 is 19.9 Å². The maximum atomic E-state index is 10.7. The van der Waals surface area contributed by atoms with Crippen LogP contribution >= 0.6 is 0 Å². The lowest BCUT2D eigenvalue weighted by Crippen LogP contribution is -2.52. The Balaban J connectivity index is 1.48. The zero-order valence-corrected chi connectivity index (χ0v) is 14.5. The van der Waals surface area contributed by atoms with Gasteiger partial charge in [0.25, 0.3) is 0 Å². The summed E-state index contributed by atoms with van der Waals surface area (Å²) in [7, 11) is 1.88. The van der Waals surface area contributed by atoms with Crippen LogP contribution in [-0.4, -0.2) is 73.2 Å². The summed E-state index contributed by atoms with van der Waals surface area (Å²) in [6, 6.07) is 4.15. The van der Waals surface area contributed by atoms with Crippen molar-refractivity contribution in [3.63, 3.8) is 0 Å². The SMILES string of the molecule is CNc1cc(CC[C@@H]2CN(CC3(O)CCOCC3)CCO2)ccn1. The van der Waals surface area contributed by atoms with Crippen LogP contribution in [0.5, 0.6) is 0 Å². The van der Waals surface area contributed by atoms with Crippen LogP contribution in [0, 0.1) is 0 Å². The highest BCUT2D eigenvalue weighted by Crippen LogP contribution is 2.23. The second kappa shape index (κ2) is 8.25. The molecule has 3 rings (SSSR count). The van der Waals surface area contributed by atoms with Crippen molar-refractivity contribution in [3.8, 4) is 0 Å². The smallest absolute Gasteiger partial charge is 0.125 e. The number of β-amino-alcohol motifs (C(OH)–C–C–N with tert-alkyl or cyclic N) is 1. The third-order valence-electron chi connectivity index (χ3n) is 5.00. The maximum Gasteiger partial charge on any atom is 0.125 e. The van der Waals surface area contributed by atoms with Gasteiger partial charge in [0.15, 0.2) is 0 Å². The number of hydrogen-bond acceptors (Lipinski definition) is 6. The normalized spacial score (nSPS) is 24.7. The van der Waals surface area contributed by atoms with Gasteiger partial charge in [0.1, 0.15) is 5.82 Å². The molecular weight excluding hydrogens is 306 g/mol. The molecule has 0 bridgehead atoms. The third-order valence-corrected chi connectivity index (χ3v) is 5.00. The van der Waals surface area contributed by atoms with Crippen LogP contribution in [0.4, 0.5) is 5.82 Å². The first kappa shape index (κ1) is 17.6. The van der Waals surface area contributed by atoms with E-state index in [2.05, 4.69) is 27.3 Å². The summed E-state index contributed by atoms with van der Waals surface area (Å²) in [4.78, 5) is 6.60. The van der Waals surface area contributed by atoms with Crippen LogP contribution in [0.25, 0.3) is 0 Å². The van der Waals surface area contributed by atoms with Crippen LogP contribution in [0.15, 0.2) is 18.3 Å². The molecule has 2 aliphatic heterocycles. The predicted octanol–water partition coefficient (Wildman–Crippen LogP) is 1.30. The third kappa shape index (κ3) is 4.89. The van der Waals surface area contributed by atoms with Gasteiger partial charge in [0, 0.05) is 58.9 Å². The van der Waals surface area contributed by atoms with Crippen molar-refractivity contribution in [3.05, 3.63) is 23.9 Å². The number of aryl methyl sites for hydroxylation is 1. The molecule has 2 fully saturated rings. The second-order valence-corrected chi connectivity index (χ2v) is 6.90. The van der Waals surface area contributed by atoms with E-state index in [1.165, 1.54) is 5.56 Å². The fourth-order valence-corrected chi connectivity index (χ4v) is 3.52. The van der Waals surface area contributed by atoms with Crippen molar-refractivity contribution in [2.75, 3.05) is 51.8 Å². The number of aliphatic hydroxyl groups is 1. The predicted molar refractivity (Wildman–Crippen MR) is 93.3 cm³/mol. The lowest BCUT2D eigenvalue weighted by atomic mass is 9.93. The molecule has 1 atom stereocenters. The Bertz CT molecular complexity index is 520. The summed E-state index contributed by atoms with van der Waals surface area (Å²) >= 11 is 0. The van der Waals surface area contributed by atoms with Crippen molar-refractivity contribution >= 4 is 5.82 Å².